The van der Waals surface area contributed by atoms with Crippen LogP contribution in [0.2, 0.25) is 5.02 Å². The molecule has 4 rings (SSSR count). The zero-order valence-electron chi connectivity index (χ0n) is 18.9. The Kier molecular flexibility index (Phi) is 6.93. The number of carbonyl (C=O) groups excluding carboxylic acids is 1. The van der Waals surface area contributed by atoms with Crippen LogP contribution < -0.4 is 20.7 Å². The molecular formula is C24H24ClN7O2. The van der Waals surface area contributed by atoms with Crippen LogP contribution in [0.25, 0.3) is 0 Å². The van der Waals surface area contributed by atoms with Crippen LogP contribution in [0.1, 0.15) is 23.9 Å². The molecular weight excluding hydrogens is 454 g/mol. The van der Waals surface area contributed by atoms with Crippen LogP contribution in [0.4, 0.5) is 27.8 Å². The highest BCUT2D eigenvalue weighted by Gasteiger charge is 2.11. The van der Waals surface area contributed by atoms with Crippen molar-refractivity contribution in [2.45, 2.75) is 27.2 Å². The fraction of sp³-hybridized carbons (Fsp3) is 0.167. The molecule has 0 bridgehead atoms. The summed E-state index contributed by atoms with van der Waals surface area (Å²) >= 11 is 6.39. The summed E-state index contributed by atoms with van der Waals surface area (Å²) in [6.07, 6.45) is 0.826. The monoisotopic (exact) mass is 477 g/mol. The van der Waals surface area contributed by atoms with Crippen molar-refractivity contribution < 1.29 is 9.53 Å². The molecule has 10 heteroatoms. The fourth-order valence-electron chi connectivity index (χ4n) is 3.17. The van der Waals surface area contributed by atoms with Gasteiger partial charge < -0.3 is 20.7 Å². The number of rotatable bonds is 7. The Hall–Kier alpha value is -4.11. The lowest BCUT2D eigenvalue weighted by Crippen LogP contribution is -2.19. The third-order valence-corrected chi connectivity index (χ3v) is 5.05. The predicted octanol–water partition coefficient (Wildman–Crippen LogP) is 6.21. The Bertz CT molecular complexity index is 1320. The highest BCUT2D eigenvalue weighted by molar-refractivity contribution is 6.32. The van der Waals surface area contributed by atoms with E-state index >= 15 is 0 Å². The van der Waals surface area contributed by atoms with E-state index < -0.39 is 0 Å². The number of ether oxygens (including phenoxy) is 1. The number of carbonyl (C=O) groups is 1. The molecule has 2 amide bonds. The number of hydrogen-bond donors (Lipinski definition) is 4. The Labute approximate surface area is 201 Å². The number of H-pyrrole nitrogens is 1. The maximum Gasteiger partial charge on any atom is 0.324 e. The van der Waals surface area contributed by atoms with Crippen molar-refractivity contribution in [2.75, 3.05) is 16.0 Å². The van der Waals surface area contributed by atoms with Crippen molar-refractivity contribution in [3.05, 3.63) is 76.6 Å². The number of urea groups is 1. The second kappa shape index (κ2) is 10.2. The highest BCUT2D eigenvalue weighted by atomic mass is 35.5. The lowest BCUT2D eigenvalue weighted by Gasteiger charge is -2.11. The first-order valence-electron chi connectivity index (χ1n) is 10.7. The van der Waals surface area contributed by atoms with Gasteiger partial charge in [-0.05, 0) is 56.2 Å². The zero-order chi connectivity index (χ0) is 24.1. The molecule has 34 heavy (non-hydrogen) atoms. The van der Waals surface area contributed by atoms with Gasteiger partial charge in [0.1, 0.15) is 17.4 Å². The summed E-state index contributed by atoms with van der Waals surface area (Å²) in [6.45, 7) is 5.82. The normalized spacial score (nSPS) is 10.6. The minimum atomic E-state index is -0.377. The van der Waals surface area contributed by atoms with Crippen molar-refractivity contribution in [1.29, 1.82) is 0 Å². The second-order valence-corrected chi connectivity index (χ2v) is 8.03. The number of anilines is 4. The number of halogens is 1. The molecule has 0 aliphatic heterocycles. The molecule has 0 spiro atoms. The first-order valence-corrected chi connectivity index (χ1v) is 11.0. The average Bonchev–Trinajstić information content (AvgIpc) is 3.23. The molecule has 0 fully saturated rings. The first-order chi connectivity index (χ1) is 16.4. The quantitative estimate of drug-likeness (QED) is 0.251. The molecule has 0 aliphatic rings. The van der Waals surface area contributed by atoms with Gasteiger partial charge in [-0.15, -0.1) is 0 Å². The van der Waals surface area contributed by atoms with Crippen LogP contribution in [0.3, 0.4) is 0 Å². The van der Waals surface area contributed by atoms with Crippen molar-refractivity contribution in [1.82, 2.24) is 20.2 Å². The van der Waals surface area contributed by atoms with Crippen LogP contribution in [0, 0.1) is 13.8 Å². The van der Waals surface area contributed by atoms with Crippen LogP contribution in [-0.4, -0.2) is 26.2 Å². The van der Waals surface area contributed by atoms with Gasteiger partial charge in [0.25, 0.3) is 0 Å². The smallest absolute Gasteiger partial charge is 0.324 e. The summed E-state index contributed by atoms with van der Waals surface area (Å²) in [4.78, 5) is 21.0. The first kappa shape index (κ1) is 23.1. The lowest BCUT2D eigenvalue weighted by atomic mass is 10.2. The number of aromatic nitrogens is 4. The van der Waals surface area contributed by atoms with Gasteiger partial charge in [0, 0.05) is 29.2 Å². The Morgan fingerprint density at radius 3 is 2.53 bits per heavy atom. The molecule has 0 radical (unpaired) electrons. The molecule has 0 aliphatic carbocycles. The van der Waals surface area contributed by atoms with E-state index in [9.17, 15) is 4.79 Å². The summed E-state index contributed by atoms with van der Waals surface area (Å²) in [5.41, 5.74) is 3.92. The molecule has 0 unspecified atom stereocenters. The number of nitrogens with zero attached hydrogens (tertiary/aromatic N) is 3. The van der Waals surface area contributed by atoms with E-state index in [-0.39, 0.29) is 12.0 Å². The third kappa shape index (κ3) is 6.02. The minimum absolute atomic E-state index is 0.137. The van der Waals surface area contributed by atoms with E-state index in [2.05, 4.69) is 36.1 Å². The highest BCUT2D eigenvalue weighted by Crippen LogP contribution is 2.31. The third-order valence-electron chi connectivity index (χ3n) is 4.76. The van der Waals surface area contributed by atoms with Gasteiger partial charge in [-0.25, -0.2) is 9.78 Å². The molecule has 2 heterocycles. The average molecular weight is 478 g/mol. The standard InChI is InChI=1S/C24H24ClN7O2/c1-4-16-13-22(32-31-16)29-21-11-15(3)26-24(30-21)34-20-9-8-18(12-19(20)25)28-23(33)27-17-7-5-6-14(2)10-17/h5-13H,4H2,1-3H3,(H2,27,28,33)(H2,26,29,30,31,32). The van der Waals surface area contributed by atoms with Crippen molar-refractivity contribution in [3.63, 3.8) is 0 Å². The van der Waals surface area contributed by atoms with Crippen molar-refractivity contribution >= 4 is 40.6 Å². The van der Waals surface area contributed by atoms with Gasteiger partial charge in [-0.2, -0.15) is 10.1 Å². The predicted molar refractivity (Wildman–Crippen MR) is 133 cm³/mol. The van der Waals surface area contributed by atoms with E-state index in [1.165, 1.54) is 0 Å². The molecule has 0 saturated heterocycles. The van der Waals surface area contributed by atoms with E-state index in [1.54, 1.807) is 24.3 Å². The second-order valence-electron chi connectivity index (χ2n) is 7.62. The van der Waals surface area contributed by atoms with E-state index in [1.807, 2.05) is 51.1 Å². The maximum absolute atomic E-state index is 12.3. The van der Waals surface area contributed by atoms with Crippen molar-refractivity contribution in [3.8, 4) is 11.8 Å². The van der Waals surface area contributed by atoms with Gasteiger partial charge in [0.2, 0.25) is 0 Å². The van der Waals surface area contributed by atoms with Gasteiger partial charge in [0.15, 0.2) is 0 Å². The van der Waals surface area contributed by atoms with Crippen LogP contribution >= 0.6 is 11.6 Å². The molecule has 9 nitrogen and oxygen atoms in total. The summed E-state index contributed by atoms with van der Waals surface area (Å²) < 4.78 is 5.82. The Morgan fingerprint density at radius 1 is 1.03 bits per heavy atom. The number of nitrogens with one attached hydrogen (secondary N) is 4. The number of aryl methyl sites for hydroxylation is 3. The Balaban J connectivity index is 1.43. The summed E-state index contributed by atoms with van der Waals surface area (Å²) in [5, 5.41) is 16.1. The fourth-order valence-corrected chi connectivity index (χ4v) is 3.39. The van der Waals surface area contributed by atoms with Crippen molar-refractivity contribution in [2.24, 2.45) is 0 Å². The van der Waals surface area contributed by atoms with Gasteiger partial charge in [-0.1, -0.05) is 30.7 Å². The molecule has 4 aromatic rings. The number of hydrogen-bond acceptors (Lipinski definition) is 6. The van der Waals surface area contributed by atoms with E-state index in [0.717, 1.165) is 23.5 Å². The molecule has 4 N–H and O–H groups in total. The van der Waals surface area contributed by atoms with Gasteiger partial charge in [-0.3, -0.25) is 5.10 Å². The topological polar surface area (TPSA) is 117 Å². The van der Waals surface area contributed by atoms with Crippen LogP contribution in [-0.2, 0) is 6.42 Å². The largest absolute Gasteiger partial charge is 0.423 e. The molecule has 0 saturated carbocycles. The maximum atomic E-state index is 12.3. The summed E-state index contributed by atoms with van der Waals surface area (Å²) in [5.74, 6) is 1.63. The van der Waals surface area contributed by atoms with E-state index in [4.69, 9.17) is 16.3 Å². The van der Waals surface area contributed by atoms with E-state index in [0.29, 0.717) is 33.7 Å². The number of benzene rings is 2. The number of amides is 2. The molecule has 2 aromatic carbocycles. The molecule has 2 aromatic heterocycles. The van der Waals surface area contributed by atoms with Gasteiger partial charge >= 0.3 is 12.0 Å². The Morgan fingerprint density at radius 2 is 1.82 bits per heavy atom. The van der Waals surface area contributed by atoms with Crippen LogP contribution in [0.5, 0.6) is 11.8 Å². The SMILES string of the molecule is CCc1cc(Nc2cc(C)nc(Oc3ccc(NC(=O)Nc4cccc(C)c4)cc3Cl)n2)[nH]n1. The summed E-state index contributed by atoms with van der Waals surface area (Å²) in [6, 6.07) is 15.9. The minimum Gasteiger partial charge on any atom is -0.423 e. The van der Waals surface area contributed by atoms with Crippen LogP contribution in [0.15, 0.2) is 54.6 Å². The lowest BCUT2D eigenvalue weighted by molar-refractivity contribution is 0.262. The molecule has 174 valence electrons. The number of aromatic amines is 1. The van der Waals surface area contributed by atoms with Gasteiger partial charge in [0.05, 0.1) is 10.7 Å². The summed E-state index contributed by atoms with van der Waals surface area (Å²) in [7, 11) is 0. The zero-order valence-corrected chi connectivity index (χ0v) is 19.7. The molecule has 0 atom stereocenters.